The first kappa shape index (κ1) is 26.7. The van der Waals surface area contributed by atoms with E-state index in [0.717, 1.165) is 30.5 Å². The van der Waals surface area contributed by atoms with E-state index >= 15 is 0 Å². The van der Waals surface area contributed by atoms with E-state index in [1.165, 1.54) is 55.6 Å². The van der Waals surface area contributed by atoms with Crippen molar-refractivity contribution in [1.82, 2.24) is 4.98 Å². The van der Waals surface area contributed by atoms with Crippen LogP contribution in [0.1, 0.15) is 10.4 Å². The molecule has 1 aromatic heterocycles. The van der Waals surface area contributed by atoms with Gasteiger partial charge in [0.1, 0.15) is 9.96 Å². The molecule has 0 radical (unpaired) electrons. The van der Waals surface area contributed by atoms with Crippen LogP contribution in [-0.4, -0.2) is 39.8 Å². The molecular weight excluding hydrogens is 556 g/mol. The lowest BCUT2D eigenvalue weighted by Gasteiger charge is -2.09. The third-order valence-corrected chi connectivity index (χ3v) is 9.64. The normalized spacial score (nSPS) is 11.5. The molecule has 196 valence electrons. The number of benzene rings is 3. The molecule has 4 aromatic rings. The average Bonchev–Trinajstić information content (AvgIpc) is 3.38. The maximum atomic E-state index is 12.8. The topological polar surface area (TPSA) is 175 Å². The van der Waals surface area contributed by atoms with Crippen molar-refractivity contribution >= 4 is 53.6 Å². The van der Waals surface area contributed by atoms with Crippen LogP contribution in [0, 0.1) is 10.1 Å². The molecule has 4 rings (SSSR count). The number of nitrogens with zero attached hydrogens (tertiary/aromatic N) is 2. The van der Waals surface area contributed by atoms with Gasteiger partial charge in [0, 0.05) is 23.4 Å². The summed E-state index contributed by atoms with van der Waals surface area (Å²) in [6.07, 6.45) is 1.08. The summed E-state index contributed by atoms with van der Waals surface area (Å²) in [6, 6.07) is 15.8. The highest BCUT2D eigenvalue weighted by Gasteiger charge is 2.23. The summed E-state index contributed by atoms with van der Waals surface area (Å²) in [7, 11) is -6.40. The third kappa shape index (κ3) is 5.80. The van der Waals surface area contributed by atoms with E-state index in [1.807, 2.05) is 0 Å². The van der Waals surface area contributed by atoms with E-state index in [0.29, 0.717) is 17.1 Å². The van der Waals surface area contributed by atoms with Crippen molar-refractivity contribution in [2.75, 3.05) is 17.1 Å². The van der Waals surface area contributed by atoms with Gasteiger partial charge in [-0.3, -0.25) is 24.9 Å². The minimum Gasteiger partial charge on any atom is -0.497 e. The number of ether oxygens (including phenoxy) is 1. The van der Waals surface area contributed by atoms with Crippen LogP contribution in [0.4, 0.5) is 16.5 Å². The smallest absolute Gasteiger partial charge is 0.269 e. The maximum Gasteiger partial charge on any atom is 0.269 e. The number of hydrogen-bond acceptors (Lipinski definition) is 10. The lowest BCUT2D eigenvalue weighted by molar-refractivity contribution is -0.384. The minimum absolute atomic E-state index is 0.0137. The Hall–Kier alpha value is -4.34. The van der Waals surface area contributed by atoms with Crippen LogP contribution in [0.15, 0.2) is 93.0 Å². The van der Waals surface area contributed by atoms with Gasteiger partial charge in [0.25, 0.3) is 21.6 Å². The third-order valence-electron chi connectivity index (χ3n) is 5.10. The largest absolute Gasteiger partial charge is 0.497 e. The monoisotopic (exact) mass is 574 g/mol. The van der Waals surface area contributed by atoms with Gasteiger partial charge >= 0.3 is 0 Å². The molecule has 0 aliphatic rings. The molecule has 12 nitrogen and oxygen atoms in total. The van der Waals surface area contributed by atoms with Crippen LogP contribution in [0.25, 0.3) is 0 Å². The Morgan fingerprint density at radius 1 is 0.921 bits per heavy atom. The van der Waals surface area contributed by atoms with Gasteiger partial charge in [-0.05, 0) is 60.7 Å². The van der Waals surface area contributed by atoms with Gasteiger partial charge in [-0.15, -0.1) is 0 Å². The predicted molar refractivity (Wildman–Crippen MR) is 139 cm³/mol. The van der Waals surface area contributed by atoms with E-state index in [9.17, 15) is 31.7 Å². The van der Waals surface area contributed by atoms with E-state index in [4.69, 9.17) is 4.74 Å². The lowest BCUT2D eigenvalue weighted by atomic mass is 10.2. The van der Waals surface area contributed by atoms with Gasteiger partial charge in [0.05, 0.1) is 28.0 Å². The summed E-state index contributed by atoms with van der Waals surface area (Å²) in [5.74, 6) is -0.0844. The number of methoxy groups -OCH3 is 1. The second-order valence-corrected chi connectivity index (χ2v) is 12.4. The van der Waals surface area contributed by atoms with Crippen molar-refractivity contribution in [1.29, 1.82) is 0 Å². The fourth-order valence-corrected chi connectivity index (χ4v) is 6.62. The summed E-state index contributed by atoms with van der Waals surface area (Å²) >= 11 is 0.714. The van der Waals surface area contributed by atoms with Crippen LogP contribution in [0.3, 0.4) is 0 Å². The van der Waals surface area contributed by atoms with Gasteiger partial charge in [-0.2, -0.15) is 0 Å². The van der Waals surface area contributed by atoms with E-state index < -0.39 is 30.7 Å². The number of carbonyl (C=O) groups is 1. The first-order valence-corrected chi connectivity index (χ1v) is 14.3. The highest BCUT2D eigenvalue weighted by molar-refractivity contribution is 7.93. The maximum absolute atomic E-state index is 12.8. The van der Waals surface area contributed by atoms with E-state index in [2.05, 4.69) is 15.0 Å². The number of non-ortho nitro benzene ring substituents is 1. The average molecular weight is 575 g/mol. The van der Waals surface area contributed by atoms with Crippen molar-refractivity contribution < 1.29 is 31.3 Å². The molecule has 0 saturated carbocycles. The summed E-state index contributed by atoms with van der Waals surface area (Å²) < 4.78 is 58.0. The number of rotatable bonds is 9. The lowest BCUT2D eigenvalue weighted by Crippen LogP contribution is -2.14. The number of thiazole rings is 1. The molecule has 2 N–H and O–H groups in total. The van der Waals surface area contributed by atoms with Crippen LogP contribution >= 0.6 is 11.3 Å². The first-order valence-electron chi connectivity index (χ1n) is 10.5. The quantitative estimate of drug-likeness (QED) is 0.221. The van der Waals surface area contributed by atoms with Crippen molar-refractivity contribution in [3.63, 3.8) is 0 Å². The Labute approximate surface area is 221 Å². The minimum atomic E-state index is -4.00. The van der Waals surface area contributed by atoms with Gasteiger partial charge in [-0.25, -0.2) is 21.8 Å². The molecule has 38 heavy (non-hydrogen) atoms. The molecule has 15 heteroatoms. The first-order chi connectivity index (χ1) is 18.0. The van der Waals surface area contributed by atoms with Crippen LogP contribution < -0.4 is 14.8 Å². The second kappa shape index (κ2) is 10.6. The Kier molecular flexibility index (Phi) is 7.43. The van der Waals surface area contributed by atoms with Crippen molar-refractivity contribution in [3.8, 4) is 5.75 Å². The number of sulfone groups is 1. The Balaban J connectivity index is 1.43. The molecule has 0 unspecified atom stereocenters. The molecule has 1 heterocycles. The summed E-state index contributed by atoms with van der Waals surface area (Å²) in [5, 5.41) is 13.3. The molecule has 0 fully saturated rings. The number of nitro groups is 1. The number of amides is 1. The zero-order valence-corrected chi connectivity index (χ0v) is 21.8. The Morgan fingerprint density at radius 3 is 2.11 bits per heavy atom. The SMILES string of the molecule is COc1ccc(S(=O)(=O)Nc2ccc(C(=O)Nc3ncc(S(=O)(=O)c4ccc([N+](=O)[O-])cc4)s3)cc2)cc1. The van der Waals surface area contributed by atoms with Crippen LogP contribution in [0.5, 0.6) is 5.75 Å². The zero-order chi connectivity index (χ0) is 27.5. The fourth-order valence-electron chi connectivity index (χ4n) is 3.13. The highest BCUT2D eigenvalue weighted by atomic mass is 32.2. The summed E-state index contributed by atoms with van der Waals surface area (Å²) in [4.78, 5) is 26.6. The second-order valence-electron chi connectivity index (χ2n) is 7.55. The molecule has 0 saturated heterocycles. The standard InChI is InChI=1S/C23H18N4O8S3/c1-35-18-8-12-20(13-9-18)38(33,34)26-16-4-2-15(3-5-16)22(28)25-23-24-14-21(36-23)37(31,32)19-10-6-17(7-11-19)27(29)30/h2-14,26H,1H3,(H,24,25,28). The molecular formula is C23H18N4O8S3. The predicted octanol–water partition coefficient (Wildman–Crippen LogP) is 3.95. The number of aromatic nitrogens is 1. The zero-order valence-electron chi connectivity index (χ0n) is 19.4. The van der Waals surface area contributed by atoms with Crippen molar-refractivity contribution in [2.45, 2.75) is 14.0 Å². The number of hydrogen-bond donors (Lipinski definition) is 2. The number of nitro benzene ring substituents is 1. The number of sulfonamides is 1. The van der Waals surface area contributed by atoms with Gasteiger partial charge in [0.15, 0.2) is 5.13 Å². The van der Waals surface area contributed by atoms with E-state index in [-0.39, 0.29) is 36.1 Å². The number of nitrogens with one attached hydrogen (secondary N) is 2. The van der Waals surface area contributed by atoms with Gasteiger partial charge in [0.2, 0.25) is 9.84 Å². The Morgan fingerprint density at radius 2 is 1.53 bits per heavy atom. The van der Waals surface area contributed by atoms with Crippen LogP contribution in [0.2, 0.25) is 0 Å². The molecule has 1 amide bonds. The molecule has 0 bridgehead atoms. The van der Waals surface area contributed by atoms with E-state index in [1.54, 1.807) is 0 Å². The summed E-state index contributed by atoms with van der Waals surface area (Å²) in [6.45, 7) is 0. The molecule has 0 atom stereocenters. The fraction of sp³-hybridized carbons (Fsp3) is 0.0435. The Bertz CT molecular complexity index is 1700. The molecule has 3 aromatic carbocycles. The van der Waals surface area contributed by atoms with Crippen molar-refractivity contribution in [3.05, 3.63) is 94.7 Å². The highest BCUT2D eigenvalue weighted by Crippen LogP contribution is 2.30. The van der Waals surface area contributed by atoms with Crippen molar-refractivity contribution in [2.24, 2.45) is 0 Å². The van der Waals surface area contributed by atoms with Gasteiger partial charge in [-0.1, -0.05) is 11.3 Å². The molecule has 0 aliphatic carbocycles. The number of anilines is 2. The van der Waals surface area contributed by atoms with Crippen LogP contribution in [-0.2, 0) is 19.9 Å². The number of carbonyl (C=O) groups excluding carboxylic acids is 1. The molecule has 0 aliphatic heterocycles. The summed E-state index contributed by atoms with van der Waals surface area (Å²) in [5.41, 5.74) is 0.149. The van der Waals surface area contributed by atoms with Gasteiger partial charge < -0.3 is 4.74 Å². The molecule has 0 spiro atoms.